The lowest BCUT2D eigenvalue weighted by Crippen LogP contribution is -2.42. The summed E-state index contributed by atoms with van der Waals surface area (Å²) in [4.78, 5) is 12.3. The second-order valence-corrected chi connectivity index (χ2v) is 5.99. The molecule has 0 aliphatic carbocycles. The van der Waals surface area contributed by atoms with Crippen LogP contribution in [-0.4, -0.2) is 56.1 Å². The first kappa shape index (κ1) is 20.5. The van der Waals surface area contributed by atoms with Gasteiger partial charge in [0.1, 0.15) is 0 Å². The van der Waals surface area contributed by atoms with Gasteiger partial charge in [0.15, 0.2) is 6.29 Å². The van der Waals surface area contributed by atoms with E-state index in [9.17, 15) is 18.0 Å². The summed E-state index contributed by atoms with van der Waals surface area (Å²) in [7, 11) is 0. The number of rotatable bonds is 7. The van der Waals surface area contributed by atoms with E-state index in [4.69, 9.17) is 9.47 Å². The van der Waals surface area contributed by atoms with Crippen molar-refractivity contribution in [1.29, 1.82) is 0 Å². The fraction of sp³-hybridized carbons (Fsp3) is 0.611. The van der Waals surface area contributed by atoms with Crippen LogP contribution in [0.2, 0.25) is 0 Å². The summed E-state index contributed by atoms with van der Waals surface area (Å²) in [6, 6.07) is 5.70. The highest BCUT2D eigenvalue weighted by molar-refractivity contribution is 5.82. The number of nitrogens with one attached hydrogen (secondary N) is 1. The van der Waals surface area contributed by atoms with E-state index in [1.807, 2.05) is 32.0 Å². The van der Waals surface area contributed by atoms with Crippen LogP contribution in [0.25, 0.3) is 0 Å². The Balaban J connectivity index is 1.99. The lowest BCUT2D eigenvalue weighted by molar-refractivity contribution is -0.185. The Labute approximate surface area is 151 Å². The molecule has 1 N–H and O–H groups in total. The number of carbonyl (C=O) groups excluding carboxylic acids is 1. The zero-order valence-corrected chi connectivity index (χ0v) is 15.1. The Morgan fingerprint density at radius 3 is 2.35 bits per heavy atom. The van der Waals surface area contributed by atoms with Crippen molar-refractivity contribution in [2.75, 3.05) is 38.2 Å². The number of carbonyl (C=O) groups is 1. The second kappa shape index (κ2) is 9.23. The molecule has 0 saturated carbocycles. The Morgan fingerprint density at radius 1 is 1.15 bits per heavy atom. The van der Waals surface area contributed by atoms with Crippen LogP contribution in [0.5, 0.6) is 0 Å². The lowest BCUT2D eigenvalue weighted by Gasteiger charge is -2.21. The smallest absolute Gasteiger partial charge is 0.380 e. The maximum atomic E-state index is 12.6. The summed E-state index contributed by atoms with van der Waals surface area (Å²) < 4.78 is 48.9. The van der Waals surface area contributed by atoms with Crippen molar-refractivity contribution in [3.8, 4) is 0 Å². The Kier molecular flexibility index (Phi) is 7.28. The first-order chi connectivity index (χ1) is 12.3. The molecule has 8 heteroatoms. The predicted molar refractivity (Wildman–Crippen MR) is 92.0 cm³/mol. The van der Waals surface area contributed by atoms with Crippen LogP contribution in [0, 0.1) is 0 Å². The average Bonchev–Trinajstić information content (AvgIpc) is 2.80. The largest absolute Gasteiger partial charge is 0.471 e. The molecule has 146 valence electrons. The number of hydrogen-bond donors (Lipinski definition) is 1. The van der Waals surface area contributed by atoms with Gasteiger partial charge in [-0.25, -0.2) is 0 Å². The number of halogens is 3. The number of amides is 1. The van der Waals surface area contributed by atoms with E-state index < -0.39 is 12.1 Å². The molecular formula is C18H25F3N2O3. The van der Waals surface area contributed by atoms with Gasteiger partial charge < -0.3 is 19.7 Å². The fourth-order valence-corrected chi connectivity index (χ4v) is 2.96. The van der Waals surface area contributed by atoms with Crippen molar-refractivity contribution >= 4 is 11.6 Å². The number of hydrogen-bond acceptors (Lipinski definition) is 4. The Hall–Kier alpha value is -1.80. The van der Waals surface area contributed by atoms with Gasteiger partial charge >= 0.3 is 12.1 Å². The summed E-state index contributed by atoms with van der Waals surface area (Å²) in [6.45, 7) is 5.48. The van der Waals surface area contributed by atoms with Crippen LogP contribution in [-0.2, 0) is 27.1 Å². The van der Waals surface area contributed by atoms with Crippen molar-refractivity contribution in [2.45, 2.75) is 39.2 Å². The van der Waals surface area contributed by atoms with E-state index >= 15 is 0 Å². The highest BCUT2D eigenvalue weighted by atomic mass is 19.4. The van der Waals surface area contributed by atoms with Gasteiger partial charge in [-0.15, -0.1) is 0 Å². The molecule has 2 rings (SSSR count). The lowest BCUT2D eigenvalue weighted by atomic mass is 10.0. The van der Waals surface area contributed by atoms with Crippen molar-refractivity contribution < 1.29 is 27.4 Å². The number of ether oxygens (including phenoxy) is 2. The number of fused-ring (bicyclic) bond motifs is 1. The first-order valence-electron chi connectivity index (χ1n) is 8.80. The van der Waals surface area contributed by atoms with Gasteiger partial charge in [0.05, 0.1) is 6.54 Å². The number of alkyl halides is 3. The van der Waals surface area contributed by atoms with Crippen molar-refractivity contribution in [2.24, 2.45) is 0 Å². The van der Waals surface area contributed by atoms with E-state index in [0.29, 0.717) is 32.6 Å². The minimum atomic E-state index is -4.82. The molecule has 0 spiro atoms. The third-order valence-corrected chi connectivity index (χ3v) is 4.22. The van der Waals surface area contributed by atoms with Gasteiger partial charge in [-0.3, -0.25) is 4.79 Å². The van der Waals surface area contributed by atoms with E-state index in [0.717, 1.165) is 21.7 Å². The van der Waals surface area contributed by atoms with Crippen LogP contribution in [0.4, 0.5) is 18.9 Å². The van der Waals surface area contributed by atoms with Crippen LogP contribution < -0.4 is 5.32 Å². The Bertz CT molecular complexity index is 602. The normalized spacial score (nSPS) is 14.9. The van der Waals surface area contributed by atoms with Gasteiger partial charge in [-0.2, -0.15) is 13.2 Å². The highest BCUT2D eigenvalue weighted by Gasteiger charge is 2.42. The monoisotopic (exact) mass is 374 g/mol. The number of benzene rings is 1. The molecule has 1 aliphatic rings. The molecule has 0 aromatic heterocycles. The average molecular weight is 374 g/mol. The molecule has 0 saturated heterocycles. The minimum Gasteiger partial charge on any atom is -0.380 e. The third-order valence-electron chi connectivity index (χ3n) is 4.22. The van der Waals surface area contributed by atoms with Crippen LogP contribution in [0.3, 0.4) is 0 Å². The van der Waals surface area contributed by atoms with Crippen LogP contribution in [0.15, 0.2) is 18.2 Å². The van der Waals surface area contributed by atoms with E-state index in [1.54, 1.807) is 0 Å². The standard InChI is InChI=1S/C18H25F3N2O3/c1-3-25-16(26-4-2)12-22-15-6-5-13-7-9-23(10-8-14(13)11-15)17(24)18(19,20)21/h5-6,11,16,22H,3-4,7-10,12H2,1-2H3. The number of anilines is 1. The van der Waals surface area contributed by atoms with Crippen molar-refractivity contribution in [1.82, 2.24) is 4.90 Å². The molecule has 0 unspecified atom stereocenters. The summed E-state index contributed by atoms with van der Waals surface area (Å²) in [5, 5.41) is 3.23. The molecule has 1 aromatic carbocycles. The SMILES string of the molecule is CCOC(CNc1ccc2c(c1)CCN(C(=O)C(F)(F)F)CC2)OCC. The summed E-state index contributed by atoms with van der Waals surface area (Å²) >= 11 is 0. The zero-order valence-electron chi connectivity index (χ0n) is 15.1. The topological polar surface area (TPSA) is 50.8 Å². The number of nitrogens with zero attached hydrogens (tertiary/aromatic N) is 1. The molecule has 1 heterocycles. The van der Waals surface area contributed by atoms with Crippen LogP contribution in [0.1, 0.15) is 25.0 Å². The van der Waals surface area contributed by atoms with Crippen LogP contribution >= 0.6 is 0 Å². The molecule has 5 nitrogen and oxygen atoms in total. The third kappa shape index (κ3) is 5.60. The minimum absolute atomic E-state index is 0.0648. The summed E-state index contributed by atoms with van der Waals surface area (Å²) in [6.07, 6.45) is -4.37. The van der Waals surface area contributed by atoms with Crippen molar-refractivity contribution in [3.05, 3.63) is 29.3 Å². The molecule has 1 aliphatic heterocycles. The van der Waals surface area contributed by atoms with Crippen molar-refractivity contribution in [3.63, 3.8) is 0 Å². The molecule has 0 bridgehead atoms. The molecule has 26 heavy (non-hydrogen) atoms. The molecule has 0 fully saturated rings. The quantitative estimate of drug-likeness (QED) is 0.746. The summed E-state index contributed by atoms with van der Waals surface area (Å²) in [5.74, 6) is -1.76. The van der Waals surface area contributed by atoms with E-state index in [-0.39, 0.29) is 19.4 Å². The molecular weight excluding hydrogens is 349 g/mol. The van der Waals surface area contributed by atoms with Gasteiger partial charge in [0, 0.05) is 32.0 Å². The fourth-order valence-electron chi connectivity index (χ4n) is 2.96. The van der Waals surface area contributed by atoms with Gasteiger partial charge in [-0.1, -0.05) is 6.07 Å². The summed E-state index contributed by atoms with van der Waals surface area (Å²) in [5.41, 5.74) is 2.78. The zero-order chi connectivity index (χ0) is 19.2. The molecule has 0 atom stereocenters. The predicted octanol–water partition coefficient (Wildman–Crippen LogP) is 2.99. The van der Waals surface area contributed by atoms with Gasteiger partial charge in [0.2, 0.25) is 0 Å². The molecule has 1 aromatic rings. The maximum absolute atomic E-state index is 12.6. The van der Waals surface area contributed by atoms with Gasteiger partial charge in [-0.05, 0) is 49.9 Å². The Morgan fingerprint density at radius 2 is 1.77 bits per heavy atom. The highest BCUT2D eigenvalue weighted by Crippen LogP contribution is 2.24. The second-order valence-electron chi connectivity index (χ2n) is 5.99. The first-order valence-corrected chi connectivity index (χ1v) is 8.80. The van der Waals surface area contributed by atoms with E-state index in [1.165, 1.54) is 0 Å². The van der Waals surface area contributed by atoms with Gasteiger partial charge in [0.25, 0.3) is 0 Å². The maximum Gasteiger partial charge on any atom is 0.471 e. The van der Waals surface area contributed by atoms with E-state index in [2.05, 4.69) is 5.32 Å². The molecule has 0 radical (unpaired) electrons. The molecule has 1 amide bonds.